The van der Waals surface area contributed by atoms with E-state index < -0.39 is 5.54 Å². The Hall–Kier alpha value is -4.47. The molecule has 172 valence electrons. The van der Waals surface area contributed by atoms with Gasteiger partial charge in [-0.05, 0) is 45.4 Å². The third-order valence-electron chi connectivity index (χ3n) is 5.51. The number of amides is 2. The van der Waals surface area contributed by atoms with Crippen LogP contribution in [0.3, 0.4) is 0 Å². The molecule has 5 rings (SSSR count). The van der Waals surface area contributed by atoms with Gasteiger partial charge in [-0.3, -0.25) is 9.59 Å². The molecule has 0 saturated carbocycles. The lowest BCUT2D eigenvalue weighted by Gasteiger charge is -2.28. The third-order valence-corrected chi connectivity index (χ3v) is 5.51. The average molecular weight is 458 g/mol. The number of carbonyl (C=O) groups excluding carboxylic acids is 2. The Bertz CT molecular complexity index is 1470. The molecule has 3 aromatic heterocycles. The summed E-state index contributed by atoms with van der Waals surface area (Å²) in [4.78, 5) is 32.7. The smallest absolute Gasteiger partial charge is 0.277 e. The fourth-order valence-electron chi connectivity index (χ4n) is 3.69. The van der Waals surface area contributed by atoms with Crippen molar-refractivity contribution in [2.75, 3.05) is 5.32 Å². The molecule has 1 aliphatic carbocycles. The minimum atomic E-state index is -0.559. The van der Waals surface area contributed by atoms with Crippen LogP contribution in [0.4, 0.5) is 5.69 Å². The molecule has 0 radical (unpaired) electrons. The van der Waals surface area contributed by atoms with Crippen LogP contribution in [0.1, 0.15) is 51.7 Å². The maximum atomic E-state index is 12.5. The summed E-state index contributed by atoms with van der Waals surface area (Å²) in [5.41, 5.74) is 2.97. The predicted octanol–water partition coefficient (Wildman–Crippen LogP) is 3.94. The van der Waals surface area contributed by atoms with Gasteiger partial charge in [-0.25, -0.2) is 4.98 Å². The fraction of sp³-hybridized carbons (Fsp3) is 0.208. The number of aryl methyl sites for hydroxylation is 2. The number of benzene rings is 1. The Balaban J connectivity index is 1.29. The van der Waals surface area contributed by atoms with E-state index in [4.69, 9.17) is 9.05 Å². The molecule has 4 aromatic rings. The molecule has 0 aliphatic heterocycles. The molecule has 0 saturated heterocycles. The highest BCUT2D eigenvalue weighted by Crippen LogP contribution is 2.28. The quantitative estimate of drug-likeness (QED) is 0.412. The standard InChI is InChI=1S/C24H22N6O4/c1-13-10-19(29-33-13)22(31)25-16-4-5-17-18(12-16)27-21(26-17)15-6-8-24(3,9-7-15)28-23(32)20-11-14(2)34-30-20/h4-8,10-12H,9H2,1-3H3,(H,25,31)(H,26,27)(H,28,32). The van der Waals surface area contributed by atoms with E-state index in [2.05, 4.69) is 30.9 Å². The van der Waals surface area contributed by atoms with Crippen LogP contribution in [-0.2, 0) is 0 Å². The van der Waals surface area contributed by atoms with Gasteiger partial charge in [0.1, 0.15) is 17.3 Å². The van der Waals surface area contributed by atoms with E-state index in [-0.39, 0.29) is 23.2 Å². The first-order chi connectivity index (χ1) is 16.3. The number of H-pyrrole nitrogens is 1. The van der Waals surface area contributed by atoms with Gasteiger partial charge in [0.2, 0.25) is 0 Å². The summed E-state index contributed by atoms with van der Waals surface area (Å²) in [6.45, 7) is 5.40. The van der Waals surface area contributed by atoms with Crippen molar-refractivity contribution in [3.05, 3.63) is 77.3 Å². The molecule has 3 N–H and O–H groups in total. The largest absolute Gasteiger partial charge is 0.361 e. The van der Waals surface area contributed by atoms with Gasteiger partial charge < -0.3 is 24.7 Å². The molecule has 1 aromatic carbocycles. The molecule has 1 atom stereocenters. The molecule has 0 spiro atoms. The fourth-order valence-corrected chi connectivity index (χ4v) is 3.69. The van der Waals surface area contributed by atoms with Gasteiger partial charge in [0.05, 0.1) is 16.6 Å². The maximum absolute atomic E-state index is 12.5. The molecule has 2 amide bonds. The van der Waals surface area contributed by atoms with E-state index >= 15 is 0 Å². The van der Waals surface area contributed by atoms with Crippen LogP contribution < -0.4 is 10.6 Å². The van der Waals surface area contributed by atoms with Gasteiger partial charge in [-0.2, -0.15) is 0 Å². The molecule has 1 unspecified atom stereocenters. The number of carbonyl (C=O) groups is 2. The number of anilines is 1. The minimum absolute atomic E-state index is 0.217. The van der Waals surface area contributed by atoms with Crippen LogP contribution in [-0.4, -0.2) is 37.6 Å². The topological polar surface area (TPSA) is 139 Å². The Morgan fingerprint density at radius 3 is 2.35 bits per heavy atom. The van der Waals surface area contributed by atoms with Crippen molar-refractivity contribution in [1.82, 2.24) is 25.6 Å². The van der Waals surface area contributed by atoms with Crippen LogP contribution in [0.5, 0.6) is 0 Å². The zero-order chi connectivity index (χ0) is 23.9. The highest BCUT2D eigenvalue weighted by atomic mass is 16.5. The van der Waals surface area contributed by atoms with Gasteiger partial charge >= 0.3 is 0 Å². The van der Waals surface area contributed by atoms with E-state index in [1.54, 1.807) is 32.0 Å². The summed E-state index contributed by atoms with van der Waals surface area (Å²) in [6.07, 6.45) is 6.45. The highest BCUT2D eigenvalue weighted by molar-refractivity contribution is 6.03. The summed E-state index contributed by atoms with van der Waals surface area (Å²) in [5, 5.41) is 13.3. The summed E-state index contributed by atoms with van der Waals surface area (Å²) in [7, 11) is 0. The minimum Gasteiger partial charge on any atom is -0.361 e. The number of aromatic amines is 1. The normalized spacial score (nSPS) is 17.6. The van der Waals surface area contributed by atoms with E-state index in [0.717, 1.165) is 16.6 Å². The first kappa shape index (κ1) is 21.4. The van der Waals surface area contributed by atoms with Crippen LogP contribution in [0.2, 0.25) is 0 Å². The predicted molar refractivity (Wildman–Crippen MR) is 124 cm³/mol. The van der Waals surface area contributed by atoms with Crippen LogP contribution in [0.25, 0.3) is 16.6 Å². The first-order valence-corrected chi connectivity index (χ1v) is 10.7. The zero-order valence-electron chi connectivity index (χ0n) is 18.8. The van der Waals surface area contributed by atoms with E-state index in [9.17, 15) is 9.59 Å². The lowest BCUT2D eigenvalue weighted by molar-refractivity contribution is 0.0912. The molecule has 0 fully saturated rings. The molecule has 3 heterocycles. The number of hydrogen-bond donors (Lipinski definition) is 3. The van der Waals surface area contributed by atoms with Crippen molar-refractivity contribution >= 4 is 34.1 Å². The Morgan fingerprint density at radius 1 is 1.03 bits per heavy atom. The second-order valence-corrected chi connectivity index (χ2v) is 8.49. The van der Waals surface area contributed by atoms with Gasteiger partial charge in [0.15, 0.2) is 11.4 Å². The molecule has 10 nitrogen and oxygen atoms in total. The van der Waals surface area contributed by atoms with Crippen molar-refractivity contribution in [2.24, 2.45) is 0 Å². The number of imidazole rings is 1. The Labute approximate surface area is 194 Å². The molecule has 0 bridgehead atoms. The third kappa shape index (κ3) is 4.25. The van der Waals surface area contributed by atoms with Gasteiger partial charge in [0, 0.05) is 23.4 Å². The van der Waals surface area contributed by atoms with E-state index in [1.807, 2.05) is 37.3 Å². The number of nitrogens with zero attached hydrogens (tertiary/aromatic N) is 3. The molecule has 34 heavy (non-hydrogen) atoms. The maximum Gasteiger partial charge on any atom is 0.277 e. The monoisotopic (exact) mass is 458 g/mol. The number of rotatable bonds is 5. The number of fused-ring (bicyclic) bond motifs is 1. The second kappa shape index (κ2) is 8.14. The Morgan fingerprint density at radius 2 is 1.74 bits per heavy atom. The lowest BCUT2D eigenvalue weighted by atomic mass is 9.90. The van der Waals surface area contributed by atoms with Gasteiger partial charge in [-0.15, -0.1) is 0 Å². The van der Waals surface area contributed by atoms with E-state index in [0.29, 0.717) is 29.5 Å². The zero-order valence-corrected chi connectivity index (χ0v) is 18.8. The van der Waals surface area contributed by atoms with Crippen molar-refractivity contribution in [3.8, 4) is 0 Å². The van der Waals surface area contributed by atoms with Crippen molar-refractivity contribution < 1.29 is 18.6 Å². The molecular formula is C24H22N6O4. The first-order valence-electron chi connectivity index (χ1n) is 10.7. The van der Waals surface area contributed by atoms with Crippen molar-refractivity contribution in [2.45, 2.75) is 32.7 Å². The molecular weight excluding hydrogens is 436 g/mol. The lowest BCUT2D eigenvalue weighted by Crippen LogP contribution is -2.44. The van der Waals surface area contributed by atoms with Crippen LogP contribution in [0.15, 0.2) is 57.6 Å². The van der Waals surface area contributed by atoms with E-state index in [1.165, 1.54) is 0 Å². The number of aromatic nitrogens is 4. The highest BCUT2D eigenvalue weighted by Gasteiger charge is 2.27. The average Bonchev–Trinajstić information content (AvgIpc) is 3.53. The summed E-state index contributed by atoms with van der Waals surface area (Å²) in [5.74, 6) is 1.20. The van der Waals surface area contributed by atoms with Crippen LogP contribution in [0, 0.1) is 13.8 Å². The van der Waals surface area contributed by atoms with Gasteiger partial charge in [-0.1, -0.05) is 28.5 Å². The van der Waals surface area contributed by atoms with Crippen molar-refractivity contribution in [1.29, 1.82) is 0 Å². The number of nitrogens with one attached hydrogen (secondary N) is 3. The van der Waals surface area contributed by atoms with Gasteiger partial charge in [0.25, 0.3) is 11.8 Å². The van der Waals surface area contributed by atoms with Crippen LogP contribution >= 0.6 is 0 Å². The second-order valence-electron chi connectivity index (χ2n) is 8.49. The summed E-state index contributed by atoms with van der Waals surface area (Å²) < 4.78 is 9.93. The SMILES string of the molecule is Cc1cc(C(=O)Nc2ccc3nc(C4=CCC(C)(NC(=O)c5cc(C)on5)C=C4)[nH]c3c2)no1. The van der Waals surface area contributed by atoms with Crippen molar-refractivity contribution in [3.63, 3.8) is 0 Å². The number of hydrogen-bond acceptors (Lipinski definition) is 7. The summed E-state index contributed by atoms with van der Waals surface area (Å²) >= 11 is 0. The Kier molecular flexibility index (Phi) is 5.12. The summed E-state index contributed by atoms with van der Waals surface area (Å²) in [6, 6.07) is 8.60. The molecule has 10 heteroatoms. The molecule has 1 aliphatic rings. The number of allylic oxidation sites excluding steroid dienone is 2.